The molecule has 110 valence electrons. The highest BCUT2D eigenvalue weighted by molar-refractivity contribution is 9.10. The fraction of sp³-hybridized carbons (Fsp3) is 0.643. The van der Waals surface area contributed by atoms with E-state index in [-0.39, 0.29) is 12.0 Å². The maximum absolute atomic E-state index is 12.7. The number of amides is 1. The van der Waals surface area contributed by atoms with Crippen molar-refractivity contribution < 1.29 is 9.53 Å². The van der Waals surface area contributed by atoms with E-state index >= 15 is 0 Å². The number of nitrogens with one attached hydrogen (secondary N) is 1. The van der Waals surface area contributed by atoms with Gasteiger partial charge in [-0.05, 0) is 47.0 Å². The third-order valence-electron chi connectivity index (χ3n) is 3.91. The number of rotatable bonds is 4. The van der Waals surface area contributed by atoms with Crippen molar-refractivity contribution in [3.8, 4) is 0 Å². The summed E-state index contributed by atoms with van der Waals surface area (Å²) < 4.78 is 6.63. The molecule has 2 saturated heterocycles. The molecule has 0 aliphatic carbocycles. The summed E-state index contributed by atoms with van der Waals surface area (Å²) in [5.41, 5.74) is 0.659. The number of carbonyl (C=O) groups excluding carboxylic acids is 1. The van der Waals surface area contributed by atoms with E-state index in [9.17, 15) is 4.79 Å². The number of H-pyrrole nitrogens is 1. The van der Waals surface area contributed by atoms with Gasteiger partial charge in [-0.1, -0.05) is 0 Å². The molecular weight excluding hydrogens is 340 g/mol. The minimum absolute atomic E-state index is 0.0960. The van der Waals surface area contributed by atoms with E-state index in [4.69, 9.17) is 4.74 Å². The number of carbonyl (C=O) groups is 1. The van der Waals surface area contributed by atoms with Crippen LogP contribution in [0.5, 0.6) is 0 Å². The number of aromatic amines is 1. The number of ether oxygens (including phenoxy) is 1. The van der Waals surface area contributed by atoms with E-state index in [1.807, 2.05) is 22.7 Å². The van der Waals surface area contributed by atoms with Crippen LogP contribution < -0.4 is 0 Å². The first-order valence-electron chi connectivity index (χ1n) is 7.08. The lowest BCUT2D eigenvalue weighted by Crippen LogP contribution is -2.44. The summed E-state index contributed by atoms with van der Waals surface area (Å²) in [5.74, 6) is 2.29. The van der Waals surface area contributed by atoms with Crippen molar-refractivity contribution in [3.05, 3.63) is 22.4 Å². The first kappa shape index (κ1) is 14.5. The predicted octanol–water partition coefficient (Wildman–Crippen LogP) is 2.90. The van der Waals surface area contributed by atoms with E-state index in [0.717, 1.165) is 48.4 Å². The molecule has 1 N–H and O–H groups in total. The zero-order valence-corrected chi connectivity index (χ0v) is 13.7. The molecule has 0 aromatic carbocycles. The number of halogens is 1. The number of nitrogens with zero attached hydrogens (tertiary/aromatic N) is 1. The largest absolute Gasteiger partial charge is 0.376 e. The second-order valence-electron chi connectivity index (χ2n) is 5.34. The Morgan fingerprint density at radius 2 is 2.45 bits per heavy atom. The number of hydrogen-bond acceptors (Lipinski definition) is 3. The van der Waals surface area contributed by atoms with Crippen LogP contribution in [0.1, 0.15) is 29.8 Å². The Labute approximate surface area is 131 Å². The number of hydrogen-bond donors (Lipinski definition) is 1. The van der Waals surface area contributed by atoms with Gasteiger partial charge < -0.3 is 14.6 Å². The molecule has 2 aliphatic heterocycles. The lowest BCUT2D eigenvalue weighted by molar-refractivity contribution is 0.0438. The maximum Gasteiger partial charge on any atom is 0.270 e. The van der Waals surface area contributed by atoms with Crippen LogP contribution in [0.25, 0.3) is 0 Å². The van der Waals surface area contributed by atoms with Gasteiger partial charge in [-0.3, -0.25) is 4.79 Å². The van der Waals surface area contributed by atoms with Gasteiger partial charge in [0.15, 0.2) is 0 Å². The molecular formula is C14H19BrN2O2S. The zero-order valence-electron chi connectivity index (χ0n) is 11.3. The lowest BCUT2D eigenvalue weighted by Gasteiger charge is -2.30. The Hall–Kier alpha value is -0.460. The summed E-state index contributed by atoms with van der Waals surface area (Å²) >= 11 is 5.32. The van der Waals surface area contributed by atoms with Crippen molar-refractivity contribution in [2.75, 3.05) is 24.7 Å². The first-order valence-corrected chi connectivity index (χ1v) is 9.03. The van der Waals surface area contributed by atoms with Crippen molar-refractivity contribution in [3.63, 3.8) is 0 Å². The Bertz CT molecular complexity index is 467. The van der Waals surface area contributed by atoms with Crippen LogP contribution in [-0.2, 0) is 4.74 Å². The molecule has 3 rings (SSSR count). The fourth-order valence-corrected chi connectivity index (χ4v) is 4.39. The molecule has 2 aliphatic rings. The Kier molecular flexibility index (Phi) is 4.73. The summed E-state index contributed by atoms with van der Waals surface area (Å²) in [6, 6.07) is 2.20. The highest BCUT2D eigenvalue weighted by Crippen LogP contribution is 2.26. The van der Waals surface area contributed by atoms with E-state index in [2.05, 4.69) is 20.9 Å². The van der Waals surface area contributed by atoms with Crippen LogP contribution in [0.3, 0.4) is 0 Å². The maximum atomic E-state index is 12.7. The number of thioether (sulfide) groups is 1. The lowest BCUT2D eigenvalue weighted by atomic mass is 10.1. The summed E-state index contributed by atoms with van der Waals surface area (Å²) in [4.78, 5) is 17.8. The standard InChI is InChI=1S/C14H19BrN2O2S/c15-10-6-13(16-7-10)14(18)17(11-3-5-20-9-11)8-12-2-1-4-19-12/h6-7,11-12,16H,1-5,8-9H2/t11-,12-/m0/s1. The van der Waals surface area contributed by atoms with Crippen LogP contribution in [0, 0.1) is 0 Å². The molecule has 0 radical (unpaired) electrons. The average Bonchev–Trinajstić information content (AvgIpc) is 3.17. The van der Waals surface area contributed by atoms with Gasteiger partial charge in [0.25, 0.3) is 5.91 Å². The molecule has 0 bridgehead atoms. The minimum atomic E-state index is 0.0960. The summed E-state index contributed by atoms with van der Waals surface area (Å²) in [6.07, 6.45) is 5.28. The van der Waals surface area contributed by atoms with Gasteiger partial charge >= 0.3 is 0 Å². The van der Waals surface area contributed by atoms with Crippen molar-refractivity contribution in [2.24, 2.45) is 0 Å². The Morgan fingerprint density at radius 1 is 1.55 bits per heavy atom. The average molecular weight is 359 g/mol. The Balaban J connectivity index is 1.74. The molecule has 2 atom stereocenters. The van der Waals surface area contributed by atoms with Crippen LogP contribution >= 0.6 is 27.7 Å². The van der Waals surface area contributed by atoms with Gasteiger partial charge in [0.05, 0.1) is 6.10 Å². The molecule has 1 amide bonds. The topological polar surface area (TPSA) is 45.3 Å². The summed E-state index contributed by atoms with van der Waals surface area (Å²) in [7, 11) is 0. The Morgan fingerprint density at radius 3 is 3.05 bits per heavy atom. The van der Waals surface area contributed by atoms with Crippen molar-refractivity contribution in [2.45, 2.75) is 31.4 Å². The van der Waals surface area contributed by atoms with E-state index in [0.29, 0.717) is 11.7 Å². The van der Waals surface area contributed by atoms with Gasteiger partial charge in [-0.15, -0.1) is 0 Å². The third kappa shape index (κ3) is 3.23. The summed E-state index contributed by atoms with van der Waals surface area (Å²) in [6.45, 7) is 1.56. The normalized spacial score (nSPS) is 26.1. The first-order chi connectivity index (χ1) is 9.74. The number of aromatic nitrogens is 1. The smallest absolute Gasteiger partial charge is 0.270 e. The van der Waals surface area contributed by atoms with Gasteiger partial charge in [-0.25, -0.2) is 0 Å². The zero-order chi connectivity index (χ0) is 13.9. The van der Waals surface area contributed by atoms with Crippen LogP contribution in [0.15, 0.2) is 16.7 Å². The van der Waals surface area contributed by atoms with Crippen LogP contribution in [0.2, 0.25) is 0 Å². The van der Waals surface area contributed by atoms with Crippen LogP contribution in [-0.4, -0.2) is 52.6 Å². The summed E-state index contributed by atoms with van der Waals surface area (Å²) in [5, 5.41) is 0. The molecule has 2 fully saturated rings. The molecule has 0 spiro atoms. The van der Waals surface area contributed by atoms with E-state index in [1.165, 1.54) is 0 Å². The second kappa shape index (κ2) is 6.54. The molecule has 4 nitrogen and oxygen atoms in total. The van der Waals surface area contributed by atoms with E-state index < -0.39 is 0 Å². The van der Waals surface area contributed by atoms with Gasteiger partial charge in [0.1, 0.15) is 5.69 Å². The molecule has 1 aromatic heterocycles. The highest BCUT2D eigenvalue weighted by atomic mass is 79.9. The van der Waals surface area contributed by atoms with Crippen molar-refractivity contribution >= 4 is 33.6 Å². The van der Waals surface area contributed by atoms with Gasteiger partial charge in [-0.2, -0.15) is 11.8 Å². The monoisotopic (exact) mass is 358 g/mol. The molecule has 6 heteroatoms. The van der Waals surface area contributed by atoms with E-state index in [1.54, 1.807) is 6.20 Å². The molecule has 3 heterocycles. The third-order valence-corrected chi connectivity index (χ3v) is 5.51. The molecule has 0 saturated carbocycles. The van der Waals surface area contributed by atoms with Gasteiger partial charge in [0.2, 0.25) is 0 Å². The quantitative estimate of drug-likeness (QED) is 0.899. The minimum Gasteiger partial charge on any atom is -0.376 e. The highest BCUT2D eigenvalue weighted by Gasteiger charge is 2.31. The predicted molar refractivity (Wildman–Crippen MR) is 84.2 cm³/mol. The van der Waals surface area contributed by atoms with Crippen molar-refractivity contribution in [1.29, 1.82) is 0 Å². The molecule has 20 heavy (non-hydrogen) atoms. The SMILES string of the molecule is O=C(c1cc(Br)c[nH]1)N(C[C@@H]1CCCO1)[C@H]1CCSC1. The molecule has 1 aromatic rings. The molecule has 0 unspecified atom stereocenters. The van der Waals surface area contributed by atoms with Crippen molar-refractivity contribution in [1.82, 2.24) is 9.88 Å². The van der Waals surface area contributed by atoms with Crippen LogP contribution in [0.4, 0.5) is 0 Å². The van der Waals surface area contributed by atoms with Gasteiger partial charge in [0, 0.05) is 35.6 Å². The second-order valence-corrected chi connectivity index (χ2v) is 7.41. The fourth-order valence-electron chi connectivity index (χ4n) is 2.82.